The summed E-state index contributed by atoms with van der Waals surface area (Å²) in [6.45, 7) is 8.75. The van der Waals surface area contributed by atoms with E-state index in [1.165, 1.54) is 0 Å². The lowest BCUT2D eigenvalue weighted by molar-refractivity contribution is -0.164. The van der Waals surface area contributed by atoms with E-state index in [-0.39, 0.29) is 35.6 Å². The zero-order valence-corrected chi connectivity index (χ0v) is 18.1. The molecule has 0 aromatic heterocycles. The molecule has 3 aliphatic carbocycles. The maximum Gasteiger partial charge on any atom is 0.310 e. The first kappa shape index (κ1) is 20.6. The van der Waals surface area contributed by atoms with Crippen LogP contribution in [0.5, 0.6) is 0 Å². The predicted octanol–water partition coefficient (Wildman–Crippen LogP) is 4.91. The van der Waals surface area contributed by atoms with Crippen molar-refractivity contribution in [3.63, 3.8) is 0 Å². The summed E-state index contributed by atoms with van der Waals surface area (Å²) in [4.78, 5) is 26.7. The van der Waals surface area contributed by atoms with Gasteiger partial charge in [-0.05, 0) is 34.1 Å². The SMILES string of the molecule is CC(C)COC(=O)[C@@H]1C2c3ccccc3C(c3ccccc32)[C@@H]1C(=O)OCC(C)C. The molecule has 2 aromatic rings. The largest absolute Gasteiger partial charge is 0.465 e. The van der Waals surface area contributed by atoms with E-state index in [0.29, 0.717) is 13.2 Å². The molecule has 2 bridgehead atoms. The van der Waals surface area contributed by atoms with E-state index in [2.05, 4.69) is 24.3 Å². The monoisotopic (exact) mass is 406 g/mol. The van der Waals surface area contributed by atoms with Crippen molar-refractivity contribution in [1.29, 1.82) is 0 Å². The molecule has 0 fully saturated rings. The third-order valence-electron chi connectivity index (χ3n) is 6.10. The van der Waals surface area contributed by atoms with E-state index in [4.69, 9.17) is 9.47 Å². The number of carbonyl (C=O) groups is 2. The fourth-order valence-electron chi connectivity index (χ4n) is 4.93. The summed E-state index contributed by atoms with van der Waals surface area (Å²) in [5, 5.41) is 0. The molecular weight excluding hydrogens is 376 g/mol. The van der Waals surface area contributed by atoms with E-state index < -0.39 is 11.8 Å². The van der Waals surface area contributed by atoms with Gasteiger partial charge in [0.25, 0.3) is 0 Å². The van der Waals surface area contributed by atoms with Crippen LogP contribution in [0.2, 0.25) is 0 Å². The number of benzene rings is 2. The van der Waals surface area contributed by atoms with E-state index in [1.807, 2.05) is 52.0 Å². The quantitative estimate of drug-likeness (QED) is 0.640. The minimum absolute atomic E-state index is 0.196. The fourth-order valence-corrected chi connectivity index (χ4v) is 4.93. The van der Waals surface area contributed by atoms with Gasteiger partial charge in [-0.25, -0.2) is 0 Å². The van der Waals surface area contributed by atoms with Gasteiger partial charge < -0.3 is 9.47 Å². The third kappa shape index (κ3) is 3.53. The summed E-state index contributed by atoms with van der Waals surface area (Å²) in [6.07, 6.45) is 0. The van der Waals surface area contributed by atoms with Gasteiger partial charge in [0.2, 0.25) is 0 Å². The molecule has 0 spiro atoms. The second-order valence-electron chi connectivity index (χ2n) is 9.31. The van der Waals surface area contributed by atoms with Crippen LogP contribution < -0.4 is 0 Å². The Labute approximate surface area is 178 Å². The molecule has 0 saturated heterocycles. The molecule has 0 unspecified atom stereocenters. The van der Waals surface area contributed by atoms with Crippen molar-refractivity contribution in [3.05, 3.63) is 70.8 Å². The highest BCUT2D eigenvalue weighted by atomic mass is 16.5. The van der Waals surface area contributed by atoms with Crippen LogP contribution >= 0.6 is 0 Å². The van der Waals surface area contributed by atoms with Crippen molar-refractivity contribution < 1.29 is 19.1 Å². The number of carbonyl (C=O) groups excluding carboxylic acids is 2. The second kappa shape index (κ2) is 8.25. The van der Waals surface area contributed by atoms with Crippen LogP contribution in [0.4, 0.5) is 0 Å². The Hall–Kier alpha value is -2.62. The van der Waals surface area contributed by atoms with Gasteiger partial charge in [-0.3, -0.25) is 9.59 Å². The van der Waals surface area contributed by atoms with E-state index in [0.717, 1.165) is 22.3 Å². The fraction of sp³-hybridized carbons (Fsp3) is 0.462. The van der Waals surface area contributed by atoms with Gasteiger partial charge in [-0.1, -0.05) is 76.2 Å². The highest BCUT2D eigenvalue weighted by molar-refractivity contribution is 5.88. The van der Waals surface area contributed by atoms with E-state index in [9.17, 15) is 9.59 Å². The predicted molar refractivity (Wildman–Crippen MR) is 115 cm³/mol. The Morgan fingerprint density at radius 3 is 1.23 bits per heavy atom. The molecule has 30 heavy (non-hydrogen) atoms. The van der Waals surface area contributed by atoms with E-state index >= 15 is 0 Å². The van der Waals surface area contributed by atoms with E-state index in [1.54, 1.807) is 0 Å². The summed E-state index contributed by atoms with van der Waals surface area (Å²) < 4.78 is 11.4. The maximum atomic E-state index is 13.3. The van der Waals surface area contributed by atoms with Crippen molar-refractivity contribution >= 4 is 11.9 Å². The van der Waals surface area contributed by atoms with Gasteiger partial charge in [0.15, 0.2) is 0 Å². The lowest BCUT2D eigenvalue weighted by atomic mass is 9.54. The molecule has 0 radical (unpaired) electrons. The minimum Gasteiger partial charge on any atom is -0.465 e. The maximum absolute atomic E-state index is 13.3. The average Bonchev–Trinajstić information content (AvgIpc) is 2.75. The zero-order valence-electron chi connectivity index (χ0n) is 18.1. The van der Waals surface area contributed by atoms with Gasteiger partial charge >= 0.3 is 11.9 Å². The Kier molecular flexibility index (Phi) is 5.68. The Balaban J connectivity index is 1.82. The number of esters is 2. The van der Waals surface area contributed by atoms with Crippen LogP contribution in [0.25, 0.3) is 0 Å². The molecule has 0 heterocycles. The molecule has 4 nitrogen and oxygen atoms in total. The van der Waals surface area contributed by atoms with Crippen LogP contribution in [0.3, 0.4) is 0 Å². The van der Waals surface area contributed by atoms with Crippen molar-refractivity contribution in [2.75, 3.05) is 13.2 Å². The molecule has 0 aliphatic heterocycles. The van der Waals surface area contributed by atoms with Crippen LogP contribution in [0, 0.1) is 23.7 Å². The van der Waals surface area contributed by atoms with Crippen LogP contribution in [0.15, 0.2) is 48.5 Å². The Morgan fingerprint density at radius 2 is 0.967 bits per heavy atom. The summed E-state index contributed by atoms with van der Waals surface area (Å²) in [6, 6.07) is 16.4. The lowest BCUT2D eigenvalue weighted by Gasteiger charge is -2.48. The van der Waals surface area contributed by atoms with Crippen LogP contribution in [-0.2, 0) is 19.1 Å². The van der Waals surface area contributed by atoms with Crippen molar-refractivity contribution in [3.8, 4) is 0 Å². The van der Waals surface area contributed by atoms with Crippen molar-refractivity contribution in [1.82, 2.24) is 0 Å². The molecule has 2 atom stereocenters. The summed E-state index contributed by atoms with van der Waals surface area (Å²) >= 11 is 0. The molecular formula is C26H30O4. The molecule has 0 saturated carbocycles. The highest BCUT2D eigenvalue weighted by Gasteiger charge is 2.56. The zero-order chi connectivity index (χ0) is 21.4. The van der Waals surface area contributed by atoms with Gasteiger partial charge in [0.1, 0.15) is 0 Å². The molecule has 4 heteroatoms. The smallest absolute Gasteiger partial charge is 0.310 e. The third-order valence-corrected chi connectivity index (χ3v) is 6.10. The van der Waals surface area contributed by atoms with Gasteiger partial charge in [0, 0.05) is 11.8 Å². The lowest BCUT2D eigenvalue weighted by Crippen LogP contribution is -2.48. The molecule has 158 valence electrons. The summed E-state index contributed by atoms with van der Waals surface area (Å²) in [7, 11) is 0. The minimum atomic E-state index is -0.571. The molecule has 0 N–H and O–H groups in total. The van der Waals surface area contributed by atoms with Gasteiger partial charge in [-0.15, -0.1) is 0 Å². The van der Waals surface area contributed by atoms with Crippen LogP contribution in [0.1, 0.15) is 61.8 Å². The second-order valence-corrected chi connectivity index (χ2v) is 9.31. The summed E-state index contributed by atoms with van der Waals surface area (Å²) in [5.74, 6) is -1.65. The standard InChI is InChI=1S/C26H30O4/c1-15(2)13-29-25(27)23-21-17-9-5-7-11-19(17)22(20-12-8-6-10-18(20)21)24(23)26(28)30-14-16(3)4/h5-12,15-16,21-24H,13-14H2,1-4H3/t21?,22?,23-,24+. The molecule has 0 amide bonds. The molecule has 2 aromatic carbocycles. The Bertz CT molecular complexity index is 822. The number of fused-ring (bicyclic) bond motifs is 1. The van der Waals surface area contributed by atoms with Crippen molar-refractivity contribution in [2.45, 2.75) is 39.5 Å². The Morgan fingerprint density at radius 1 is 0.667 bits per heavy atom. The number of rotatable bonds is 6. The molecule has 3 aliphatic rings. The highest BCUT2D eigenvalue weighted by Crippen LogP contribution is 2.58. The topological polar surface area (TPSA) is 52.6 Å². The normalized spacial score (nSPS) is 23.8. The first-order chi connectivity index (χ1) is 14.4. The first-order valence-corrected chi connectivity index (χ1v) is 10.9. The average molecular weight is 407 g/mol. The molecule has 5 rings (SSSR count). The number of hydrogen-bond donors (Lipinski definition) is 0. The number of ether oxygens (including phenoxy) is 2. The van der Waals surface area contributed by atoms with Crippen molar-refractivity contribution in [2.24, 2.45) is 23.7 Å². The van der Waals surface area contributed by atoms with Gasteiger partial charge in [0.05, 0.1) is 25.0 Å². The van der Waals surface area contributed by atoms with Crippen LogP contribution in [-0.4, -0.2) is 25.2 Å². The first-order valence-electron chi connectivity index (χ1n) is 10.9. The summed E-state index contributed by atoms with van der Waals surface area (Å²) in [5.41, 5.74) is 4.50. The number of hydrogen-bond acceptors (Lipinski definition) is 4. The van der Waals surface area contributed by atoms with Gasteiger partial charge in [-0.2, -0.15) is 0 Å².